The van der Waals surface area contributed by atoms with Crippen LogP contribution in [0.2, 0.25) is 0 Å². The Morgan fingerprint density at radius 2 is 1.71 bits per heavy atom. The summed E-state index contributed by atoms with van der Waals surface area (Å²) in [5, 5.41) is 18.7. The molecule has 4 aromatic rings. The van der Waals surface area contributed by atoms with Gasteiger partial charge in [0.05, 0.1) is 18.3 Å². The van der Waals surface area contributed by atoms with Gasteiger partial charge < -0.3 is 20.1 Å². The summed E-state index contributed by atoms with van der Waals surface area (Å²) in [7, 11) is 5.75. The lowest BCUT2D eigenvalue weighted by Gasteiger charge is -2.09. The van der Waals surface area contributed by atoms with Gasteiger partial charge in [-0.3, -0.25) is 9.89 Å². The molecule has 0 unspecified atom stereocenters. The van der Waals surface area contributed by atoms with Gasteiger partial charge in [-0.2, -0.15) is 18.3 Å². The van der Waals surface area contributed by atoms with Gasteiger partial charge in [0.2, 0.25) is 0 Å². The van der Waals surface area contributed by atoms with Gasteiger partial charge in [0.1, 0.15) is 5.75 Å². The van der Waals surface area contributed by atoms with Gasteiger partial charge in [-0.15, -0.1) is 0 Å². The molecule has 1 amide bonds. The topological polar surface area (TPSA) is 108 Å². The number of fused-ring (bicyclic) bond motifs is 2. The van der Waals surface area contributed by atoms with Crippen LogP contribution in [0.5, 0.6) is 5.75 Å². The molecule has 0 aliphatic carbocycles. The van der Waals surface area contributed by atoms with E-state index < -0.39 is 12.1 Å². The van der Waals surface area contributed by atoms with E-state index in [0.717, 1.165) is 45.5 Å². The van der Waals surface area contributed by atoms with Crippen molar-refractivity contribution in [3.05, 3.63) is 88.6 Å². The molecular formula is C30H27F3N4O4. The number of H-pyrrole nitrogens is 1. The van der Waals surface area contributed by atoms with E-state index in [2.05, 4.69) is 64.9 Å². The van der Waals surface area contributed by atoms with Crippen molar-refractivity contribution in [2.45, 2.75) is 12.7 Å². The second kappa shape index (κ2) is 12.1. The fourth-order valence-electron chi connectivity index (χ4n) is 4.15. The Labute approximate surface area is 233 Å². The highest BCUT2D eigenvalue weighted by Crippen LogP contribution is 2.36. The standard InChI is InChI=1S/C28H26N4O2.C2HF3O2/c1-32(2)17-19-6-4-18(5-7-19)9-12-26-22-11-8-20(15-27(22)31-30-26)14-24-23-16-21(34-3)10-13-25(23)29-28(24)33;3-2(4,5)1(6)7/h4-16H,17H2,1-3H3,(H,29,33)(H,30,31);(H,6,7)/b12-9?,24-14-;. The van der Waals surface area contributed by atoms with Crippen LogP contribution in [0.25, 0.3) is 34.7 Å². The van der Waals surface area contributed by atoms with E-state index in [9.17, 15) is 18.0 Å². The number of halogens is 3. The largest absolute Gasteiger partial charge is 0.497 e. The molecule has 1 aliphatic heterocycles. The molecule has 11 heteroatoms. The monoisotopic (exact) mass is 564 g/mol. The summed E-state index contributed by atoms with van der Waals surface area (Å²) < 4.78 is 37.1. The number of nitrogens with one attached hydrogen (secondary N) is 2. The second-order valence-electron chi connectivity index (χ2n) is 9.45. The van der Waals surface area contributed by atoms with Crippen molar-refractivity contribution in [2.24, 2.45) is 0 Å². The fourth-order valence-corrected chi connectivity index (χ4v) is 4.15. The molecule has 2 heterocycles. The van der Waals surface area contributed by atoms with Crippen LogP contribution >= 0.6 is 0 Å². The quantitative estimate of drug-likeness (QED) is 0.251. The van der Waals surface area contributed by atoms with E-state index in [0.29, 0.717) is 11.3 Å². The Hall–Kier alpha value is -4.90. The number of aromatic nitrogens is 2. The van der Waals surface area contributed by atoms with Crippen molar-refractivity contribution in [1.82, 2.24) is 15.1 Å². The second-order valence-corrected chi connectivity index (χ2v) is 9.45. The zero-order valence-corrected chi connectivity index (χ0v) is 22.4. The van der Waals surface area contributed by atoms with Crippen LogP contribution in [-0.2, 0) is 16.1 Å². The molecule has 0 bridgehead atoms. The molecule has 0 saturated heterocycles. The van der Waals surface area contributed by atoms with Crippen molar-refractivity contribution in [3.8, 4) is 5.75 Å². The smallest absolute Gasteiger partial charge is 0.490 e. The molecule has 3 N–H and O–H groups in total. The number of aromatic amines is 1. The Kier molecular flexibility index (Phi) is 8.58. The van der Waals surface area contributed by atoms with Crippen LogP contribution in [0.3, 0.4) is 0 Å². The SMILES string of the molecule is COc1ccc2c(c1)/C(=C/c1ccc3c(C=Cc4ccc(CN(C)C)cc4)n[nH]c3c1)C(=O)N2.O=C(O)C(F)(F)F. The van der Waals surface area contributed by atoms with Crippen LogP contribution in [-0.4, -0.2) is 59.5 Å². The van der Waals surface area contributed by atoms with E-state index in [4.69, 9.17) is 14.6 Å². The zero-order valence-electron chi connectivity index (χ0n) is 22.4. The van der Waals surface area contributed by atoms with Crippen molar-refractivity contribution in [2.75, 3.05) is 26.5 Å². The van der Waals surface area contributed by atoms with Crippen LogP contribution in [0.1, 0.15) is 27.9 Å². The van der Waals surface area contributed by atoms with E-state index in [1.54, 1.807) is 7.11 Å². The highest BCUT2D eigenvalue weighted by atomic mass is 19.4. The van der Waals surface area contributed by atoms with Gasteiger partial charge >= 0.3 is 12.1 Å². The average Bonchev–Trinajstić information content (AvgIpc) is 3.47. The third kappa shape index (κ3) is 7.20. The summed E-state index contributed by atoms with van der Waals surface area (Å²) in [6, 6.07) is 20.2. The van der Waals surface area contributed by atoms with Crippen molar-refractivity contribution < 1.29 is 32.6 Å². The Morgan fingerprint density at radius 3 is 2.34 bits per heavy atom. The highest BCUT2D eigenvalue weighted by molar-refractivity contribution is 6.35. The van der Waals surface area contributed by atoms with Crippen molar-refractivity contribution >= 4 is 52.3 Å². The van der Waals surface area contributed by atoms with Crippen molar-refractivity contribution in [1.29, 1.82) is 0 Å². The number of carboxylic acid groups (broad SMARTS) is 1. The molecule has 0 saturated carbocycles. The number of alkyl halides is 3. The first-order valence-electron chi connectivity index (χ1n) is 12.4. The van der Waals surface area contributed by atoms with E-state index in [1.165, 1.54) is 5.56 Å². The number of rotatable bonds is 6. The molecule has 5 rings (SSSR count). The van der Waals surface area contributed by atoms with Gasteiger partial charge in [-0.1, -0.05) is 36.4 Å². The number of nitrogens with zero attached hydrogens (tertiary/aromatic N) is 2. The summed E-state index contributed by atoms with van der Waals surface area (Å²) in [5.74, 6) is -2.16. The maximum Gasteiger partial charge on any atom is 0.490 e. The first-order chi connectivity index (χ1) is 19.4. The number of amides is 1. The minimum absolute atomic E-state index is 0.117. The molecule has 41 heavy (non-hydrogen) atoms. The van der Waals surface area contributed by atoms with Gasteiger partial charge in [0.25, 0.3) is 5.91 Å². The van der Waals surface area contributed by atoms with Crippen LogP contribution in [0.4, 0.5) is 18.9 Å². The highest BCUT2D eigenvalue weighted by Gasteiger charge is 2.38. The van der Waals surface area contributed by atoms with Crippen LogP contribution in [0.15, 0.2) is 60.7 Å². The molecule has 0 spiro atoms. The molecule has 212 valence electrons. The summed E-state index contributed by atoms with van der Waals surface area (Å²) in [6.07, 6.45) is 0.897. The first kappa shape index (κ1) is 29.1. The molecule has 3 aromatic carbocycles. The van der Waals surface area contributed by atoms with E-state index in [-0.39, 0.29) is 5.91 Å². The van der Waals surface area contributed by atoms with Gasteiger partial charge in [-0.25, -0.2) is 4.79 Å². The first-order valence-corrected chi connectivity index (χ1v) is 12.4. The van der Waals surface area contributed by atoms with Crippen LogP contribution < -0.4 is 10.1 Å². The number of carbonyl (C=O) groups is 2. The van der Waals surface area contributed by atoms with E-state index in [1.807, 2.05) is 48.6 Å². The van der Waals surface area contributed by atoms with Crippen molar-refractivity contribution in [3.63, 3.8) is 0 Å². The summed E-state index contributed by atoms with van der Waals surface area (Å²) in [4.78, 5) is 23.6. The third-order valence-electron chi connectivity index (χ3n) is 6.09. The number of ether oxygens (including phenoxy) is 1. The number of benzene rings is 3. The maximum absolute atomic E-state index is 12.5. The number of hydrogen-bond acceptors (Lipinski definition) is 5. The number of aliphatic carboxylic acids is 1. The maximum atomic E-state index is 12.5. The number of methoxy groups -OCH3 is 1. The number of carbonyl (C=O) groups excluding carboxylic acids is 1. The Balaban J connectivity index is 0.000000493. The normalized spacial score (nSPS) is 13.8. The predicted molar refractivity (Wildman–Crippen MR) is 152 cm³/mol. The lowest BCUT2D eigenvalue weighted by Crippen LogP contribution is -2.21. The van der Waals surface area contributed by atoms with Gasteiger partial charge in [-0.05, 0) is 73.3 Å². The summed E-state index contributed by atoms with van der Waals surface area (Å²) >= 11 is 0. The molecule has 8 nitrogen and oxygen atoms in total. The fraction of sp³-hybridized carbons (Fsp3) is 0.167. The third-order valence-corrected chi connectivity index (χ3v) is 6.09. The molecular weight excluding hydrogens is 537 g/mol. The minimum atomic E-state index is -5.08. The summed E-state index contributed by atoms with van der Waals surface area (Å²) in [6.45, 7) is 0.924. The molecule has 1 aliphatic rings. The lowest BCUT2D eigenvalue weighted by molar-refractivity contribution is -0.192. The Bertz CT molecular complexity index is 1640. The number of carboxylic acids is 1. The predicted octanol–water partition coefficient (Wildman–Crippen LogP) is 5.93. The number of hydrogen-bond donors (Lipinski definition) is 3. The minimum Gasteiger partial charge on any atom is -0.497 e. The van der Waals surface area contributed by atoms with Crippen LogP contribution in [0, 0.1) is 0 Å². The average molecular weight is 565 g/mol. The molecule has 0 atom stereocenters. The number of anilines is 1. The molecule has 0 radical (unpaired) electrons. The van der Waals surface area contributed by atoms with Gasteiger partial charge in [0, 0.05) is 28.8 Å². The lowest BCUT2D eigenvalue weighted by atomic mass is 10.0. The molecule has 1 aromatic heterocycles. The van der Waals surface area contributed by atoms with E-state index >= 15 is 0 Å². The van der Waals surface area contributed by atoms with Gasteiger partial charge in [0.15, 0.2) is 0 Å². The zero-order chi connectivity index (χ0) is 29.7. The Morgan fingerprint density at radius 1 is 1.02 bits per heavy atom. The molecule has 0 fully saturated rings. The summed E-state index contributed by atoms with van der Waals surface area (Å²) in [5.41, 5.74) is 7.37.